The standard InChI is InChI=1S/C15H16ClNO4/c16-10-3-1-2-9(6-10)11-7-12(11)13(18)17-15(14(19)20)4-5-21-8-15/h1-3,6,11-12H,4-5,7-8H2,(H,17,18)(H,19,20). The van der Waals surface area contributed by atoms with Crippen LogP contribution in [0.1, 0.15) is 24.3 Å². The molecular weight excluding hydrogens is 294 g/mol. The summed E-state index contributed by atoms with van der Waals surface area (Å²) in [7, 11) is 0. The number of ether oxygens (including phenoxy) is 1. The number of carbonyl (C=O) groups excluding carboxylic acids is 1. The van der Waals surface area contributed by atoms with Gasteiger partial charge in [-0.05, 0) is 30.0 Å². The first kappa shape index (κ1) is 14.4. The van der Waals surface area contributed by atoms with Crippen molar-refractivity contribution in [1.82, 2.24) is 5.32 Å². The molecule has 0 bridgehead atoms. The van der Waals surface area contributed by atoms with Crippen molar-refractivity contribution in [2.24, 2.45) is 5.92 Å². The van der Waals surface area contributed by atoms with Gasteiger partial charge in [0, 0.05) is 24.0 Å². The molecule has 1 saturated heterocycles. The summed E-state index contributed by atoms with van der Waals surface area (Å²) in [5.74, 6) is -1.31. The van der Waals surface area contributed by atoms with Gasteiger partial charge in [0.05, 0.1) is 6.61 Å². The van der Waals surface area contributed by atoms with Crippen LogP contribution in [0.3, 0.4) is 0 Å². The zero-order valence-corrected chi connectivity index (χ0v) is 12.1. The minimum atomic E-state index is -1.27. The summed E-state index contributed by atoms with van der Waals surface area (Å²) in [6.45, 7) is 0.387. The first-order chi connectivity index (χ1) is 10.0. The molecule has 0 spiro atoms. The second kappa shape index (κ2) is 5.31. The second-order valence-corrected chi connectivity index (χ2v) is 6.12. The van der Waals surface area contributed by atoms with Crippen molar-refractivity contribution in [3.05, 3.63) is 34.9 Å². The Bertz CT molecular complexity index is 583. The zero-order chi connectivity index (χ0) is 15.0. The van der Waals surface area contributed by atoms with Gasteiger partial charge in [0.15, 0.2) is 5.54 Å². The molecule has 1 amide bonds. The van der Waals surface area contributed by atoms with Crippen molar-refractivity contribution in [2.75, 3.05) is 13.2 Å². The smallest absolute Gasteiger partial charge is 0.331 e. The summed E-state index contributed by atoms with van der Waals surface area (Å²) in [4.78, 5) is 23.7. The zero-order valence-electron chi connectivity index (χ0n) is 11.3. The fourth-order valence-electron chi connectivity index (χ4n) is 2.80. The molecule has 1 aromatic carbocycles. The van der Waals surface area contributed by atoms with Crippen LogP contribution < -0.4 is 5.32 Å². The number of aliphatic carboxylic acids is 1. The average Bonchev–Trinajstić information content (AvgIpc) is 3.11. The molecule has 1 aliphatic carbocycles. The van der Waals surface area contributed by atoms with E-state index in [0.29, 0.717) is 18.1 Å². The predicted molar refractivity (Wildman–Crippen MR) is 76.2 cm³/mol. The lowest BCUT2D eigenvalue weighted by molar-refractivity contribution is -0.147. The third-order valence-electron chi connectivity index (χ3n) is 4.20. The average molecular weight is 310 g/mol. The van der Waals surface area contributed by atoms with Gasteiger partial charge >= 0.3 is 5.97 Å². The number of amides is 1. The van der Waals surface area contributed by atoms with Crippen LogP contribution >= 0.6 is 11.6 Å². The molecule has 2 fully saturated rings. The maximum absolute atomic E-state index is 12.3. The molecule has 112 valence electrons. The third-order valence-corrected chi connectivity index (χ3v) is 4.43. The SMILES string of the molecule is O=C(NC1(C(=O)O)CCOC1)C1CC1c1cccc(Cl)c1. The van der Waals surface area contributed by atoms with Crippen LogP contribution in [0.5, 0.6) is 0 Å². The summed E-state index contributed by atoms with van der Waals surface area (Å²) in [6.07, 6.45) is 1.03. The number of rotatable bonds is 4. The summed E-state index contributed by atoms with van der Waals surface area (Å²) in [6, 6.07) is 7.44. The summed E-state index contributed by atoms with van der Waals surface area (Å²) in [5.41, 5.74) is -0.242. The van der Waals surface area contributed by atoms with E-state index in [1.54, 1.807) is 6.07 Å². The molecular formula is C15H16ClNO4. The molecule has 3 atom stereocenters. The highest BCUT2D eigenvalue weighted by atomic mass is 35.5. The Labute approximate surface area is 127 Å². The van der Waals surface area contributed by atoms with Crippen LogP contribution in [-0.4, -0.2) is 35.7 Å². The lowest BCUT2D eigenvalue weighted by atomic mass is 9.98. The molecule has 2 N–H and O–H groups in total. The highest BCUT2D eigenvalue weighted by molar-refractivity contribution is 6.30. The van der Waals surface area contributed by atoms with Gasteiger partial charge in [-0.25, -0.2) is 4.79 Å². The van der Waals surface area contributed by atoms with E-state index in [1.165, 1.54) is 0 Å². The van der Waals surface area contributed by atoms with E-state index in [1.807, 2.05) is 18.2 Å². The van der Waals surface area contributed by atoms with Gasteiger partial charge in [-0.15, -0.1) is 0 Å². The van der Waals surface area contributed by atoms with Crippen molar-refractivity contribution < 1.29 is 19.4 Å². The largest absolute Gasteiger partial charge is 0.479 e. The quantitative estimate of drug-likeness (QED) is 0.889. The van der Waals surface area contributed by atoms with E-state index in [9.17, 15) is 14.7 Å². The number of halogens is 1. The van der Waals surface area contributed by atoms with E-state index < -0.39 is 11.5 Å². The van der Waals surface area contributed by atoms with Crippen LogP contribution in [0.15, 0.2) is 24.3 Å². The normalized spacial score (nSPS) is 30.9. The molecule has 1 heterocycles. The molecule has 0 radical (unpaired) electrons. The number of hydrogen-bond acceptors (Lipinski definition) is 3. The van der Waals surface area contributed by atoms with Gasteiger partial charge in [-0.2, -0.15) is 0 Å². The van der Waals surface area contributed by atoms with Crippen molar-refractivity contribution in [1.29, 1.82) is 0 Å². The lowest BCUT2D eigenvalue weighted by Crippen LogP contribution is -2.55. The van der Waals surface area contributed by atoms with Gasteiger partial charge in [0.2, 0.25) is 5.91 Å². The van der Waals surface area contributed by atoms with Crippen molar-refractivity contribution >= 4 is 23.5 Å². The molecule has 0 aromatic heterocycles. The topological polar surface area (TPSA) is 75.6 Å². The minimum Gasteiger partial charge on any atom is -0.479 e. The molecule has 3 unspecified atom stereocenters. The summed E-state index contributed by atoms with van der Waals surface area (Å²) >= 11 is 5.95. The van der Waals surface area contributed by atoms with Crippen LogP contribution in [0, 0.1) is 5.92 Å². The Balaban J connectivity index is 1.66. The number of benzene rings is 1. The molecule has 21 heavy (non-hydrogen) atoms. The lowest BCUT2D eigenvalue weighted by Gasteiger charge is -2.23. The maximum Gasteiger partial charge on any atom is 0.331 e. The highest BCUT2D eigenvalue weighted by Gasteiger charge is 2.50. The van der Waals surface area contributed by atoms with Gasteiger partial charge in [-0.3, -0.25) is 4.79 Å². The molecule has 1 saturated carbocycles. The molecule has 3 rings (SSSR count). The van der Waals surface area contributed by atoms with E-state index in [4.69, 9.17) is 16.3 Å². The fourth-order valence-corrected chi connectivity index (χ4v) is 3.00. The van der Waals surface area contributed by atoms with Crippen molar-refractivity contribution in [3.8, 4) is 0 Å². The second-order valence-electron chi connectivity index (χ2n) is 5.68. The molecule has 5 nitrogen and oxygen atoms in total. The Morgan fingerprint density at radius 3 is 2.86 bits per heavy atom. The third kappa shape index (κ3) is 2.76. The van der Waals surface area contributed by atoms with Crippen LogP contribution in [0.2, 0.25) is 5.02 Å². The van der Waals surface area contributed by atoms with Crippen molar-refractivity contribution in [3.63, 3.8) is 0 Å². The molecule has 1 aliphatic heterocycles. The number of carboxylic acid groups (broad SMARTS) is 1. The van der Waals surface area contributed by atoms with Crippen molar-refractivity contribution in [2.45, 2.75) is 24.3 Å². The van der Waals surface area contributed by atoms with Crippen LogP contribution in [-0.2, 0) is 14.3 Å². The number of nitrogens with one attached hydrogen (secondary N) is 1. The van der Waals surface area contributed by atoms with Crippen LogP contribution in [0.4, 0.5) is 0 Å². The highest BCUT2D eigenvalue weighted by Crippen LogP contribution is 2.48. The van der Waals surface area contributed by atoms with Gasteiger partial charge < -0.3 is 15.2 Å². The molecule has 2 aliphatic rings. The predicted octanol–water partition coefficient (Wildman–Crippen LogP) is 1.80. The molecule has 1 aromatic rings. The van der Waals surface area contributed by atoms with E-state index in [2.05, 4.69) is 5.32 Å². The maximum atomic E-state index is 12.3. The molecule has 6 heteroatoms. The first-order valence-electron chi connectivity index (χ1n) is 6.90. The van der Waals surface area contributed by atoms with Gasteiger partial charge in [0.1, 0.15) is 0 Å². The Morgan fingerprint density at radius 1 is 1.43 bits per heavy atom. The fraction of sp³-hybridized carbons (Fsp3) is 0.467. The number of hydrogen-bond donors (Lipinski definition) is 2. The Morgan fingerprint density at radius 2 is 2.24 bits per heavy atom. The first-order valence-corrected chi connectivity index (χ1v) is 7.28. The summed E-state index contributed by atoms with van der Waals surface area (Å²) < 4.78 is 5.14. The monoisotopic (exact) mass is 309 g/mol. The van der Waals surface area contributed by atoms with E-state index in [-0.39, 0.29) is 24.3 Å². The number of carbonyl (C=O) groups is 2. The van der Waals surface area contributed by atoms with E-state index >= 15 is 0 Å². The minimum absolute atomic E-state index is 0.0304. The van der Waals surface area contributed by atoms with Crippen LogP contribution in [0.25, 0.3) is 0 Å². The van der Waals surface area contributed by atoms with Gasteiger partial charge in [-0.1, -0.05) is 23.7 Å². The van der Waals surface area contributed by atoms with Gasteiger partial charge in [0.25, 0.3) is 0 Å². The summed E-state index contributed by atoms with van der Waals surface area (Å²) in [5, 5.41) is 12.6. The number of carboxylic acids is 1. The Hall–Kier alpha value is -1.59. The Kier molecular flexibility index (Phi) is 3.63. The van der Waals surface area contributed by atoms with E-state index in [0.717, 1.165) is 12.0 Å².